The predicted molar refractivity (Wildman–Crippen MR) is 65.3 cm³/mol. The van der Waals surface area contributed by atoms with Gasteiger partial charge in [-0.2, -0.15) is 0 Å². The van der Waals surface area contributed by atoms with Crippen LogP contribution in [-0.2, 0) is 17.9 Å². The smallest absolute Gasteiger partial charge is 0.318 e. The number of aromatic nitrogens is 3. The van der Waals surface area contributed by atoms with Crippen molar-refractivity contribution in [3.8, 4) is 0 Å². The summed E-state index contributed by atoms with van der Waals surface area (Å²) in [7, 11) is 0. The number of carboxylic acids is 1. The van der Waals surface area contributed by atoms with Crippen LogP contribution in [0, 0.1) is 0 Å². The number of aliphatic carboxylic acids is 1. The Kier molecular flexibility index (Phi) is 3.98. The van der Waals surface area contributed by atoms with Crippen LogP contribution < -0.4 is 5.32 Å². The Morgan fingerprint density at radius 3 is 3.00 bits per heavy atom. The van der Waals surface area contributed by atoms with Crippen molar-refractivity contribution in [2.24, 2.45) is 0 Å². The largest absolute Gasteiger partial charge is 0.481 e. The Balaban J connectivity index is 1.92. The minimum Gasteiger partial charge on any atom is -0.481 e. The lowest BCUT2D eigenvalue weighted by Crippen LogP contribution is -2.48. The van der Waals surface area contributed by atoms with E-state index in [9.17, 15) is 9.59 Å². The van der Waals surface area contributed by atoms with Crippen molar-refractivity contribution < 1.29 is 14.7 Å². The van der Waals surface area contributed by atoms with E-state index >= 15 is 0 Å². The number of hydrogen-bond donors (Lipinski definition) is 2. The minimum atomic E-state index is -0.912. The van der Waals surface area contributed by atoms with Crippen LogP contribution in [0.3, 0.4) is 0 Å². The summed E-state index contributed by atoms with van der Waals surface area (Å²) in [5.41, 5.74) is 0. The number of urea groups is 1. The van der Waals surface area contributed by atoms with Gasteiger partial charge >= 0.3 is 12.0 Å². The maximum absolute atomic E-state index is 12.0. The molecule has 0 aliphatic carbocycles. The molecule has 1 aliphatic heterocycles. The summed E-state index contributed by atoms with van der Waals surface area (Å²) >= 11 is 0. The normalized spacial score (nSPS) is 15.7. The van der Waals surface area contributed by atoms with Gasteiger partial charge in [0.05, 0.1) is 13.0 Å². The molecule has 0 radical (unpaired) electrons. The number of nitrogens with one attached hydrogen (secondary N) is 1. The van der Waals surface area contributed by atoms with Gasteiger partial charge in [-0.15, -0.1) is 10.2 Å². The number of hydrogen-bond acceptors (Lipinski definition) is 4. The summed E-state index contributed by atoms with van der Waals surface area (Å²) in [6, 6.07) is -0.591. The minimum absolute atomic E-state index is 0.0632. The number of carbonyl (C=O) groups excluding carboxylic acids is 1. The molecular weight excluding hydrogens is 250 g/mol. The van der Waals surface area contributed by atoms with E-state index in [2.05, 4.69) is 15.5 Å². The summed E-state index contributed by atoms with van der Waals surface area (Å²) < 4.78 is 1.90. The van der Waals surface area contributed by atoms with Crippen LogP contribution in [0.25, 0.3) is 0 Å². The number of fused-ring (bicyclic) bond motifs is 1. The Labute approximate surface area is 110 Å². The summed E-state index contributed by atoms with van der Waals surface area (Å²) in [6.07, 6.45) is 2.16. The molecule has 0 spiro atoms. The molecule has 2 heterocycles. The highest BCUT2D eigenvalue weighted by molar-refractivity contribution is 5.76. The van der Waals surface area contributed by atoms with Crippen LogP contribution in [-0.4, -0.2) is 49.4 Å². The first-order valence-electron chi connectivity index (χ1n) is 6.24. The van der Waals surface area contributed by atoms with E-state index in [0.717, 1.165) is 5.82 Å². The first-order valence-corrected chi connectivity index (χ1v) is 6.24. The molecule has 0 bridgehead atoms. The zero-order chi connectivity index (χ0) is 13.8. The van der Waals surface area contributed by atoms with Crippen LogP contribution >= 0.6 is 0 Å². The van der Waals surface area contributed by atoms with Crippen LogP contribution in [0.5, 0.6) is 0 Å². The van der Waals surface area contributed by atoms with Gasteiger partial charge in [-0.25, -0.2) is 4.79 Å². The molecular formula is C11H17N5O3. The molecule has 1 unspecified atom stereocenters. The number of nitrogens with zero attached hydrogens (tertiary/aromatic N) is 4. The van der Waals surface area contributed by atoms with Gasteiger partial charge in [-0.1, -0.05) is 6.92 Å². The molecule has 104 valence electrons. The summed E-state index contributed by atoms with van der Waals surface area (Å²) in [5.74, 6) is -0.168. The van der Waals surface area contributed by atoms with Crippen molar-refractivity contribution in [2.75, 3.05) is 6.54 Å². The van der Waals surface area contributed by atoms with Gasteiger partial charge in [0.15, 0.2) is 5.82 Å². The lowest BCUT2D eigenvalue weighted by Gasteiger charge is -2.28. The van der Waals surface area contributed by atoms with Gasteiger partial charge < -0.3 is 19.9 Å². The van der Waals surface area contributed by atoms with E-state index in [-0.39, 0.29) is 18.5 Å². The number of rotatable bonds is 4. The Morgan fingerprint density at radius 2 is 2.32 bits per heavy atom. The summed E-state index contributed by atoms with van der Waals surface area (Å²) in [5, 5.41) is 19.2. The monoisotopic (exact) mass is 267 g/mol. The fraction of sp³-hybridized carbons (Fsp3) is 0.636. The molecule has 8 heteroatoms. The fourth-order valence-electron chi connectivity index (χ4n) is 2.01. The molecule has 1 aromatic heterocycles. The van der Waals surface area contributed by atoms with Crippen molar-refractivity contribution in [1.29, 1.82) is 0 Å². The highest BCUT2D eigenvalue weighted by Gasteiger charge is 2.23. The molecule has 0 aromatic carbocycles. The first kappa shape index (κ1) is 13.3. The molecule has 0 saturated heterocycles. The van der Waals surface area contributed by atoms with E-state index in [0.29, 0.717) is 26.1 Å². The highest BCUT2D eigenvalue weighted by Crippen LogP contribution is 2.09. The average molecular weight is 267 g/mol. The Hall–Kier alpha value is -2.12. The first-order chi connectivity index (χ1) is 9.10. The SMILES string of the molecule is CCC(CC(=O)O)NC(=O)N1CCn2cnnc2C1. The van der Waals surface area contributed by atoms with Crippen molar-refractivity contribution in [1.82, 2.24) is 25.0 Å². The van der Waals surface area contributed by atoms with Gasteiger partial charge in [0, 0.05) is 19.1 Å². The second kappa shape index (κ2) is 5.68. The topological polar surface area (TPSA) is 100 Å². The maximum Gasteiger partial charge on any atom is 0.318 e. The van der Waals surface area contributed by atoms with Crippen molar-refractivity contribution >= 4 is 12.0 Å². The standard InChI is InChI=1S/C11H17N5O3/c1-2-8(5-10(17)18)13-11(19)15-3-4-16-7-12-14-9(16)6-15/h7-8H,2-6H2,1H3,(H,13,19)(H,17,18). The molecule has 2 amide bonds. The van der Waals surface area contributed by atoms with Crippen LogP contribution in [0.4, 0.5) is 4.79 Å². The molecule has 1 aliphatic rings. The van der Waals surface area contributed by atoms with Gasteiger partial charge in [-0.3, -0.25) is 4.79 Å². The third kappa shape index (κ3) is 3.21. The lowest BCUT2D eigenvalue weighted by atomic mass is 10.1. The molecule has 0 fully saturated rings. The third-order valence-corrected chi connectivity index (χ3v) is 3.17. The Morgan fingerprint density at radius 1 is 1.53 bits per heavy atom. The summed E-state index contributed by atoms with van der Waals surface area (Å²) in [6.45, 7) is 3.47. The van der Waals surface area contributed by atoms with Crippen LogP contribution in [0.2, 0.25) is 0 Å². The number of carboxylic acid groups (broad SMARTS) is 1. The van der Waals surface area contributed by atoms with E-state index in [1.165, 1.54) is 0 Å². The fourth-order valence-corrected chi connectivity index (χ4v) is 2.01. The number of carbonyl (C=O) groups is 2. The van der Waals surface area contributed by atoms with Crippen molar-refractivity contribution in [3.63, 3.8) is 0 Å². The highest BCUT2D eigenvalue weighted by atomic mass is 16.4. The van der Waals surface area contributed by atoms with Gasteiger partial charge in [0.25, 0.3) is 0 Å². The Bertz CT molecular complexity index is 473. The van der Waals surface area contributed by atoms with E-state index in [1.807, 2.05) is 11.5 Å². The number of amides is 2. The molecule has 8 nitrogen and oxygen atoms in total. The molecule has 2 rings (SSSR count). The molecule has 19 heavy (non-hydrogen) atoms. The third-order valence-electron chi connectivity index (χ3n) is 3.17. The molecule has 2 N–H and O–H groups in total. The molecule has 1 aromatic rings. The molecule has 0 saturated carbocycles. The maximum atomic E-state index is 12.0. The quantitative estimate of drug-likeness (QED) is 0.803. The van der Waals surface area contributed by atoms with Crippen molar-refractivity contribution in [3.05, 3.63) is 12.2 Å². The van der Waals surface area contributed by atoms with Crippen LogP contribution in [0.1, 0.15) is 25.6 Å². The summed E-state index contributed by atoms with van der Waals surface area (Å²) in [4.78, 5) is 24.3. The second-order valence-corrected chi connectivity index (χ2v) is 4.51. The van der Waals surface area contributed by atoms with Gasteiger partial charge in [-0.05, 0) is 6.42 Å². The van der Waals surface area contributed by atoms with E-state index in [4.69, 9.17) is 5.11 Å². The molecule has 1 atom stereocenters. The van der Waals surface area contributed by atoms with Gasteiger partial charge in [0.2, 0.25) is 0 Å². The van der Waals surface area contributed by atoms with E-state index in [1.54, 1.807) is 11.2 Å². The average Bonchev–Trinajstić information content (AvgIpc) is 2.84. The van der Waals surface area contributed by atoms with Crippen molar-refractivity contribution in [2.45, 2.75) is 38.9 Å². The predicted octanol–water partition coefficient (Wildman–Crippen LogP) is 0.0566. The second-order valence-electron chi connectivity index (χ2n) is 4.51. The van der Waals surface area contributed by atoms with Gasteiger partial charge in [0.1, 0.15) is 6.33 Å². The van der Waals surface area contributed by atoms with E-state index < -0.39 is 5.97 Å². The zero-order valence-electron chi connectivity index (χ0n) is 10.7. The zero-order valence-corrected chi connectivity index (χ0v) is 10.7. The van der Waals surface area contributed by atoms with Crippen LogP contribution in [0.15, 0.2) is 6.33 Å². The lowest BCUT2D eigenvalue weighted by molar-refractivity contribution is -0.137.